The Morgan fingerprint density at radius 3 is 2.52 bits per heavy atom. The lowest BCUT2D eigenvalue weighted by Crippen LogP contribution is -2.49. The summed E-state index contributed by atoms with van der Waals surface area (Å²) in [6.45, 7) is 9.66. The Labute approximate surface area is 134 Å². The van der Waals surface area contributed by atoms with Crippen LogP contribution in [0.15, 0.2) is 24.3 Å². The molecule has 21 heavy (non-hydrogen) atoms. The van der Waals surface area contributed by atoms with Crippen molar-refractivity contribution in [3.63, 3.8) is 0 Å². The van der Waals surface area contributed by atoms with E-state index in [1.807, 2.05) is 0 Å². The largest absolute Gasteiger partial charge is 0.316 e. The molecule has 0 radical (unpaired) electrons. The summed E-state index contributed by atoms with van der Waals surface area (Å²) in [6, 6.07) is 8.59. The normalized spacial score (nSPS) is 35.8. The van der Waals surface area contributed by atoms with Crippen LogP contribution in [0.3, 0.4) is 0 Å². The molecule has 0 bridgehead atoms. The molecule has 1 N–H and O–H groups in total. The highest BCUT2D eigenvalue weighted by Gasteiger charge is 2.48. The van der Waals surface area contributed by atoms with Crippen LogP contribution in [0.1, 0.15) is 57.9 Å². The number of rotatable bonds is 1. The van der Waals surface area contributed by atoms with E-state index in [-0.39, 0.29) is 0 Å². The van der Waals surface area contributed by atoms with Crippen molar-refractivity contribution >= 4 is 11.6 Å². The average Bonchev–Trinajstić information content (AvgIpc) is 2.38. The maximum Gasteiger partial charge on any atom is 0.0406 e. The minimum Gasteiger partial charge on any atom is -0.316 e. The summed E-state index contributed by atoms with van der Waals surface area (Å²) < 4.78 is 0. The van der Waals surface area contributed by atoms with Crippen LogP contribution in [0.2, 0.25) is 5.02 Å². The summed E-state index contributed by atoms with van der Waals surface area (Å²) in [5.74, 6) is 1.46. The van der Waals surface area contributed by atoms with Crippen LogP contribution in [0, 0.1) is 16.7 Å². The van der Waals surface area contributed by atoms with Gasteiger partial charge in [0, 0.05) is 17.5 Å². The van der Waals surface area contributed by atoms with Crippen molar-refractivity contribution in [2.45, 2.75) is 52.4 Å². The summed E-state index contributed by atoms with van der Waals surface area (Å²) in [5, 5.41) is 4.47. The van der Waals surface area contributed by atoms with E-state index in [0.717, 1.165) is 17.5 Å². The van der Waals surface area contributed by atoms with Gasteiger partial charge >= 0.3 is 0 Å². The zero-order chi connectivity index (χ0) is 15.1. The van der Waals surface area contributed by atoms with E-state index in [1.165, 1.54) is 37.8 Å². The Kier molecular flexibility index (Phi) is 4.09. The van der Waals surface area contributed by atoms with Gasteiger partial charge in [0.15, 0.2) is 0 Å². The smallest absolute Gasteiger partial charge is 0.0406 e. The van der Waals surface area contributed by atoms with Gasteiger partial charge in [0.1, 0.15) is 0 Å². The van der Waals surface area contributed by atoms with Gasteiger partial charge in [0.05, 0.1) is 0 Å². The highest BCUT2D eigenvalue weighted by atomic mass is 35.5. The SMILES string of the molecule is CC1CC(C)(C)CC2(CCNCC2c2ccc(Cl)cc2)C1. The molecule has 2 aliphatic rings. The van der Waals surface area contributed by atoms with Gasteiger partial charge in [-0.3, -0.25) is 0 Å². The summed E-state index contributed by atoms with van der Waals surface area (Å²) in [4.78, 5) is 0. The molecule has 1 aromatic rings. The maximum absolute atomic E-state index is 6.08. The van der Waals surface area contributed by atoms with E-state index in [0.29, 0.717) is 16.7 Å². The third kappa shape index (κ3) is 3.14. The lowest BCUT2D eigenvalue weighted by atomic mass is 9.53. The molecule has 1 heterocycles. The van der Waals surface area contributed by atoms with Gasteiger partial charge in [0.25, 0.3) is 0 Å². The Balaban J connectivity index is 1.95. The van der Waals surface area contributed by atoms with Gasteiger partial charge < -0.3 is 5.32 Å². The molecule has 0 aromatic heterocycles. The molecule has 1 saturated carbocycles. The molecule has 1 saturated heterocycles. The van der Waals surface area contributed by atoms with Crippen LogP contribution in [0.4, 0.5) is 0 Å². The lowest BCUT2D eigenvalue weighted by Gasteiger charge is -2.54. The van der Waals surface area contributed by atoms with Crippen molar-refractivity contribution in [3.8, 4) is 0 Å². The van der Waals surface area contributed by atoms with E-state index in [2.05, 4.69) is 50.4 Å². The molecule has 2 heteroatoms. The Morgan fingerprint density at radius 2 is 1.86 bits per heavy atom. The van der Waals surface area contributed by atoms with E-state index in [4.69, 9.17) is 11.6 Å². The summed E-state index contributed by atoms with van der Waals surface area (Å²) in [7, 11) is 0. The van der Waals surface area contributed by atoms with Crippen LogP contribution in [-0.4, -0.2) is 13.1 Å². The number of benzene rings is 1. The molecule has 3 rings (SSSR count). The third-order valence-corrected chi connectivity index (χ3v) is 5.90. The van der Waals surface area contributed by atoms with Gasteiger partial charge in [-0.25, -0.2) is 0 Å². The lowest BCUT2D eigenvalue weighted by molar-refractivity contribution is 0.00502. The number of hydrogen-bond acceptors (Lipinski definition) is 1. The van der Waals surface area contributed by atoms with Gasteiger partial charge in [-0.2, -0.15) is 0 Å². The highest BCUT2D eigenvalue weighted by molar-refractivity contribution is 6.30. The second kappa shape index (κ2) is 5.59. The molecule has 3 atom stereocenters. The Morgan fingerprint density at radius 1 is 1.14 bits per heavy atom. The van der Waals surface area contributed by atoms with Crippen molar-refractivity contribution in [2.75, 3.05) is 13.1 Å². The fraction of sp³-hybridized carbons (Fsp3) is 0.684. The Bertz CT molecular complexity index is 493. The molecule has 1 aliphatic carbocycles. The van der Waals surface area contributed by atoms with Crippen LogP contribution in [-0.2, 0) is 0 Å². The first kappa shape index (κ1) is 15.4. The molecule has 3 unspecified atom stereocenters. The molecule has 116 valence electrons. The molecule has 1 nitrogen and oxygen atoms in total. The van der Waals surface area contributed by atoms with Gasteiger partial charge in [-0.15, -0.1) is 0 Å². The van der Waals surface area contributed by atoms with Crippen molar-refractivity contribution in [3.05, 3.63) is 34.9 Å². The maximum atomic E-state index is 6.08. The molecular weight excluding hydrogens is 278 g/mol. The zero-order valence-electron chi connectivity index (χ0n) is 13.6. The van der Waals surface area contributed by atoms with E-state index in [1.54, 1.807) is 0 Å². The molecule has 1 aliphatic heterocycles. The van der Waals surface area contributed by atoms with Crippen molar-refractivity contribution < 1.29 is 0 Å². The highest BCUT2D eigenvalue weighted by Crippen LogP contribution is 2.57. The van der Waals surface area contributed by atoms with Crippen LogP contribution in [0.5, 0.6) is 0 Å². The predicted molar refractivity (Wildman–Crippen MR) is 90.9 cm³/mol. The number of hydrogen-bond donors (Lipinski definition) is 1. The first-order chi connectivity index (χ1) is 9.90. The van der Waals surface area contributed by atoms with Crippen molar-refractivity contribution in [2.24, 2.45) is 16.7 Å². The summed E-state index contributed by atoms with van der Waals surface area (Å²) in [6.07, 6.45) is 5.42. The van der Waals surface area contributed by atoms with E-state index < -0.39 is 0 Å². The molecule has 1 aromatic carbocycles. The molecule has 0 amide bonds. The topological polar surface area (TPSA) is 12.0 Å². The minimum absolute atomic E-state index is 0.472. The number of halogens is 1. The molecule has 2 fully saturated rings. The van der Waals surface area contributed by atoms with Crippen LogP contribution >= 0.6 is 11.6 Å². The zero-order valence-corrected chi connectivity index (χ0v) is 14.3. The predicted octanol–water partition coefficient (Wildman–Crippen LogP) is 5.25. The van der Waals surface area contributed by atoms with E-state index >= 15 is 0 Å². The summed E-state index contributed by atoms with van der Waals surface area (Å²) in [5.41, 5.74) is 2.41. The standard InChI is InChI=1S/C19H28ClN/c1-14-10-18(2,3)13-19(11-14)8-9-21-12-17(19)15-4-6-16(20)7-5-15/h4-7,14,17,21H,8-13H2,1-3H3. The fourth-order valence-electron chi connectivity index (χ4n) is 5.40. The fourth-order valence-corrected chi connectivity index (χ4v) is 5.53. The first-order valence-electron chi connectivity index (χ1n) is 8.36. The molecule has 1 spiro atoms. The minimum atomic E-state index is 0.472. The number of nitrogens with one attached hydrogen (secondary N) is 1. The number of piperidine rings is 1. The monoisotopic (exact) mass is 305 g/mol. The van der Waals surface area contributed by atoms with Gasteiger partial charge in [-0.1, -0.05) is 44.5 Å². The van der Waals surface area contributed by atoms with Crippen molar-refractivity contribution in [1.82, 2.24) is 5.32 Å². The summed E-state index contributed by atoms with van der Waals surface area (Å²) >= 11 is 6.08. The van der Waals surface area contributed by atoms with Gasteiger partial charge in [-0.05, 0) is 66.7 Å². The Hall–Kier alpha value is -0.530. The third-order valence-electron chi connectivity index (χ3n) is 5.65. The molecular formula is C19H28ClN. The first-order valence-corrected chi connectivity index (χ1v) is 8.74. The van der Waals surface area contributed by atoms with Crippen LogP contribution in [0.25, 0.3) is 0 Å². The second-order valence-corrected chi connectivity index (χ2v) is 8.71. The average molecular weight is 306 g/mol. The van der Waals surface area contributed by atoms with Crippen molar-refractivity contribution in [1.29, 1.82) is 0 Å². The second-order valence-electron chi connectivity index (χ2n) is 8.28. The van der Waals surface area contributed by atoms with E-state index in [9.17, 15) is 0 Å². The van der Waals surface area contributed by atoms with Gasteiger partial charge in [0.2, 0.25) is 0 Å². The quantitative estimate of drug-likeness (QED) is 0.747. The van der Waals surface area contributed by atoms with Crippen LogP contribution < -0.4 is 5.32 Å².